The number of nitrogens with one attached hydrogen (secondary N) is 1. The Morgan fingerprint density at radius 1 is 0.633 bits per heavy atom. The fourth-order valence-corrected chi connectivity index (χ4v) is 3.33. The van der Waals surface area contributed by atoms with Gasteiger partial charge in [-0.3, -0.25) is 0 Å². The molecule has 0 saturated carbocycles. The van der Waals surface area contributed by atoms with Crippen LogP contribution in [-0.2, 0) is 0 Å². The van der Waals surface area contributed by atoms with Gasteiger partial charge in [-0.2, -0.15) is 0 Å². The maximum atomic E-state index is 4.86. The van der Waals surface area contributed by atoms with Crippen LogP contribution in [0.25, 0.3) is 22.8 Å². The molecule has 0 aliphatic carbocycles. The van der Waals surface area contributed by atoms with E-state index in [0.717, 1.165) is 34.1 Å². The monoisotopic (exact) mass is 390 g/mol. The third-order valence-corrected chi connectivity index (χ3v) is 4.77. The Balaban J connectivity index is 1.66. The molecular formula is C25H20N5+. The van der Waals surface area contributed by atoms with Gasteiger partial charge in [0.15, 0.2) is 5.69 Å². The van der Waals surface area contributed by atoms with Gasteiger partial charge < -0.3 is 5.32 Å². The first-order valence-corrected chi connectivity index (χ1v) is 9.80. The van der Waals surface area contributed by atoms with E-state index >= 15 is 0 Å². The zero-order chi connectivity index (χ0) is 20.2. The number of rotatable bonds is 5. The van der Waals surface area contributed by atoms with Crippen molar-refractivity contribution in [1.29, 1.82) is 0 Å². The van der Waals surface area contributed by atoms with Gasteiger partial charge in [-0.05, 0) is 48.5 Å². The summed E-state index contributed by atoms with van der Waals surface area (Å²) in [6.45, 7) is 0. The fraction of sp³-hybridized carbons (Fsp3) is 0. The van der Waals surface area contributed by atoms with Gasteiger partial charge >= 0.3 is 5.82 Å². The highest BCUT2D eigenvalue weighted by Gasteiger charge is 2.25. The van der Waals surface area contributed by atoms with Crippen LogP contribution in [0, 0.1) is 0 Å². The van der Waals surface area contributed by atoms with Crippen LogP contribution < -0.4 is 10.00 Å². The van der Waals surface area contributed by atoms with Crippen LogP contribution in [0.5, 0.6) is 0 Å². The Kier molecular flexibility index (Phi) is 4.76. The number of benzene rings is 4. The first kappa shape index (κ1) is 17.8. The molecule has 0 aliphatic rings. The Morgan fingerprint density at radius 2 is 1.23 bits per heavy atom. The molecule has 5 heteroatoms. The maximum absolute atomic E-state index is 4.86. The van der Waals surface area contributed by atoms with Crippen LogP contribution in [0.3, 0.4) is 0 Å². The van der Waals surface area contributed by atoms with Crippen LogP contribution in [-0.4, -0.2) is 15.1 Å². The van der Waals surface area contributed by atoms with E-state index in [-0.39, 0.29) is 0 Å². The highest BCUT2D eigenvalue weighted by Crippen LogP contribution is 2.27. The Morgan fingerprint density at radius 3 is 1.97 bits per heavy atom. The quantitative estimate of drug-likeness (QED) is 0.432. The highest BCUT2D eigenvalue weighted by molar-refractivity contribution is 5.76. The van der Waals surface area contributed by atoms with E-state index in [9.17, 15) is 0 Å². The van der Waals surface area contributed by atoms with Crippen molar-refractivity contribution >= 4 is 11.4 Å². The van der Waals surface area contributed by atoms with E-state index < -0.39 is 0 Å². The normalized spacial score (nSPS) is 10.7. The number of para-hydroxylation sites is 4. The third kappa shape index (κ3) is 3.56. The predicted molar refractivity (Wildman–Crippen MR) is 118 cm³/mol. The molecule has 0 aliphatic heterocycles. The second-order valence-corrected chi connectivity index (χ2v) is 6.82. The van der Waals surface area contributed by atoms with Gasteiger partial charge in [0.1, 0.15) is 5.69 Å². The van der Waals surface area contributed by atoms with Crippen LogP contribution >= 0.6 is 0 Å². The van der Waals surface area contributed by atoms with Crippen LogP contribution in [0.15, 0.2) is 115 Å². The van der Waals surface area contributed by atoms with Crippen molar-refractivity contribution in [2.24, 2.45) is 0 Å². The SMILES string of the molecule is c1ccc(Nc2ccccc2-c2nn(-c3ccccc3)n[n+]2-c2ccccc2)cc1. The first-order valence-electron chi connectivity index (χ1n) is 9.80. The smallest absolute Gasteiger partial charge is 0.337 e. The molecule has 5 aromatic rings. The van der Waals surface area contributed by atoms with Gasteiger partial charge in [-0.1, -0.05) is 71.4 Å². The zero-order valence-corrected chi connectivity index (χ0v) is 16.3. The fourth-order valence-electron chi connectivity index (χ4n) is 3.33. The zero-order valence-electron chi connectivity index (χ0n) is 16.3. The molecule has 0 spiro atoms. The summed E-state index contributed by atoms with van der Waals surface area (Å²) in [5.41, 5.74) is 4.80. The second kappa shape index (κ2) is 8.01. The lowest BCUT2D eigenvalue weighted by atomic mass is 10.1. The Bertz CT molecular complexity index is 1250. The lowest BCUT2D eigenvalue weighted by Crippen LogP contribution is -2.35. The molecule has 0 bridgehead atoms. The van der Waals surface area contributed by atoms with E-state index in [1.807, 2.05) is 108 Å². The van der Waals surface area contributed by atoms with Gasteiger partial charge in [0, 0.05) is 10.5 Å². The van der Waals surface area contributed by atoms with Crippen LogP contribution in [0.2, 0.25) is 0 Å². The molecule has 0 saturated heterocycles. The molecule has 5 nitrogen and oxygen atoms in total. The van der Waals surface area contributed by atoms with Gasteiger partial charge in [0.25, 0.3) is 0 Å². The average molecular weight is 390 g/mol. The standard InChI is InChI=1S/C25H20N5/c1-4-12-20(13-5-1)26-24-19-11-10-18-23(24)25-27-30(22-16-8-3-9-17-22)28-29(25)21-14-6-2-7-15-21/h1-19,26H/q+1. The summed E-state index contributed by atoms with van der Waals surface area (Å²) in [4.78, 5) is 1.67. The largest absolute Gasteiger partial charge is 0.355 e. The molecule has 0 amide bonds. The minimum absolute atomic E-state index is 0.754. The summed E-state index contributed by atoms with van der Waals surface area (Å²) < 4.78 is 1.87. The lowest BCUT2D eigenvalue weighted by molar-refractivity contribution is -0.650. The summed E-state index contributed by atoms with van der Waals surface area (Å²) in [5.74, 6) is 0.754. The van der Waals surface area contributed by atoms with E-state index in [0.29, 0.717) is 0 Å². The summed E-state index contributed by atoms with van der Waals surface area (Å²) in [6.07, 6.45) is 0. The van der Waals surface area contributed by atoms with Gasteiger partial charge in [-0.25, -0.2) is 0 Å². The van der Waals surface area contributed by atoms with E-state index in [1.165, 1.54) is 0 Å². The number of anilines is 2. The molecule has 0 fully saturated rings. The van der Waals surface area contributed by atoms with E-state index in [1.54, 1.807) is 4.80 Å². The summed E-state index contributed by atoms with van der Waals surface area (Å²) in [5, 5.41) is 13.1. The molecule has 0 unspecified atom stereocenters. The lowest BCUT2D eigenvalue weighted by Gasteiger charge is -2.09. The molecule has 0 atom stereocenters. The minimum atomic E-state index is 0.754. The number of aromatic nitrogens is 4. The number of hydrogen-bond donors (Lipinski definition) is 1. The topological polar surface area (TPSA) is 46.6 Å². The molecule has 1 N–H and O–H groups in total. The molecule has 0 radical (unpaired) electrons. The first-order chi connectivity index (χ1) is 14.9. The number of nitrogens with zero attached hydrogens (tertiary/aromatic N) is 4. The Hall–Kier alpha value is -4.25. The van der Waals surface area contributed by atoms with Crippen molar-refractivity contribution in [2.75, 3.05) is 5.32 Å². The molecule has 144 valence electrons. The molecule has 1 heterocycles. The second-order valence-electron chi connectivity index (χ2n) is 6.82. The maximum Gasteiger partial charge on any atom is 0.337 e. The minimum Gasteiger partial charge on any atom is -0.355 e. The van der Waals surface area contributed by atoms with E-state index in [2.05, 4.69) is 17.4 Å². The van der Waals surface area contributed by atoms with Crippen molar-refractivity contribution < 1.29 is 4.68 Å². The van der Waals surface area contributed by atoms with Crippen molar-refractivity contribution in [3.63, 3.8) is 0 Å². The predicted octanol–water partition coefficient (Wildman–Crippen LogP) is 4.95. The molecule has 30 heavy (non-hydrogen) atoms. The molecule has 5 rings (SSSR count). The summed E-state index contributed by atoms with van der Waals surface area (Å²) >= 11 is 0. The van der Waals surface area contributed by atoms with Gasteiger partial charge in [-0.15, -0.1) is 0 Å². The van der Waals surface area contributed by atoms with Crippen LogP contribution in [0.4, 0.5) is 11.4 Å². The van der Waals surface area contributed by atoms with Gasteiger partial charge in [0.05, 0.1) is 21.6 Å². The van der Waals surface area contributed by atoms with Crippen molar-refractivity contribution in [2.45, 2.75) is 0 Å². The third-order valence-electron chi connectivity index (χ3n) is 4.77. The van der Waals surface area contributed by atoms with Crippen LogP contribution in [0.1, 0.15) is 0 Å². The Labute approximate surface area is 174 Å². The average Bonchev–Trinajstić information content (AvgIpc) is 3.27. The molecular weight excluding hydrogens is 370 g/mol. The molecule has 4 aromatic carbocycles. The summed E-state index contributed by atoms with van der Waals surface area (Å²) in [6, 6.07) is 38.3. The summed E-state index contributed by atoms with van der Waals surface area (Å²) in [7, 11) is 0. The number of hydrogen-bond acceptors (Lipinski definition) is 3. The van der Waals surface area contributed by atoms with Crippen molar-refractivity contribution in [1.82, 2.24) is 15.1 Å². The van der Waals surface area contributed by atoms with Crippen molar-refractivity contribution in [3.8, 4) is 22.8 Å². The molecule has 1 aromatic heterocycles. The number of tetrazole rings is 1. The van der Waals surface area contributed by atoms with E-state index in [4.69, 9.17) is 10.3 Å². The highest BCUT2D eigenvalue weighted by atomic mass is 15.6. The van der Waals surface area contributed by atoms with Gasteiger partial charge in [0.2, 0.25) is 0 Å². The van der Waals surface area contributed by atoms with Crippen molar-refractivity contribution in [3.05, 3.63) is 115 Å².